The summed E-state index contributed by atoms with van der Waals surface area (Å²) >= 11 is 0. The molecule has 2 rings (SSSR count). The predicted molar refractivity (Wildman–Crippen MR) is 64.3 cm³/mol. The first-order chi connectivity index (χ1) is 8.20. The highest BCUT2D eigenvalue weighted by Crippen LogP contribution is 2.18. The topological polar surface area (TPSA) is 77.4 Å². The van der Waals surface area contributed by atoms with Gasteiger partial charge in [-0.2, -0.15) is 10.4 Å². The van der Waals surface area contributed by atoms with Gasteiger partial charge in [-0.15, -0.1) is 0 Å². The summed E-state index contributed by atoms with van der Waals surface area (Å²) < 4.78 is 0. The zero-order valence-electron chi connectivity index (χ0n) is 9.78. The van der Waals surface area contributed by atoms with Crippen LogP contribution in [-0.4, -0.2) is 15.2 Å². The molecule has 5 nitrogen and oxygen atoms in total. The van der Waals surface area contributed by atoms with Crippen LogP contribution in [0.4, 0.5) is 5.82 Å². The van der Waals surface area contributed by atoms with Crippen LogP contribution in [0.3, 0.4) is 0 Å². The Labute approximate surface area is 99.5 Å². The molecular formula is C12H13N5. The minimum absolute atomic E-state index is 0.596. The first-order valence-electron chi connectivity index (χ1n) is 5.30. The molecule has 2 heterocycles. The minimum Gasteiger partial charge on any atom is -0.365 e. The Morgan fingerprint density at radius 3 is 2.94 bits per heavy atom. The molecule has 0 unspecified atom stereocenters. The lowest BCUT2D eigenvalue weighted by Gasteiger charge is -2.09. The maximum Gasteiger partial charge on any atom is 0.144 e. The predicted octanol–water partition coefficient (Wildman–Crippen LogP) is 1.91. The van der Waals surface area contributed by atoms with Crippen molar-refractivity contribution in [2.24, 2.45) is 0 Å². The van der Waals surface area contributed by atoms with Gasteiger partial charge in [-0.25, -0.2) is 4.98 Å². The molecule has 0 saturated heterocycles. The molecule has 0 amide bonds. The number of aryl methyl sites for hydroxylation is 2. The third kappa shape index (κ3) is 2.42. The number of anilines is 1. The standard InChI is InChI=1S/C12H13N5/c1-8-3-9(2)17-12(11(8)4-13)14-5-10-6-15-16-7-10/h3,6-7H,5H2,1-2H3,(H,14,17)(H,15,16). The molecule has 2 aromatic heterocycles. The van der Waals surface area contributed by atoms with Crippen molar-refractivity contribution in [2.75, 3.05) is 5.32 Å². The number of nitriles is 1. The van der Waals surface area contributed by atoms with E-state index in [4.69, 9.17) is 5.26 Å². The molecular weight excluding hydrogens is 214 g/mol. The van der Waals surface area contributed by atoms with Crippen molar-refractivity contribution in [3.8, 4) is 6.07 Å². The maximum absolute atomic E-state index is 9.10. The Kier molecular flexibility index (Phi) is 3.06. The third-order valence-electron chi connectivity index (χ3n) is 2.47. The molecule has 17 heavy (non-hydrogen) atoms. The summed E-state index contributed by atoms with van der Waals surface area (Å²) in [4.78, 5) is 4.34. The molecule has 0 fully saturated rings. The zero-order valence-corrected chi connectivity index (χ0v) is 9.78. The summed E-state index contributed by atoms with van der Waals surface area (Å²) in [6.07, 6.45) is 3.55. The average molecular weight is 227 g/mol. The molecule has 5 heteroatoms. The summed E-state index contributed by atoms with van der Waals surface area (Å²) in [7, 11) is 0. The minimum atomic E-state index is 0.596. The van der Waals surface area contributed by atoms with Crippen molar-refractivity contribution in [1.82, 2.24) is 15.2 Å². The van der Waals surface area contributed by atoms with Gasteiger partial charge in [0.05, 0.1) is 11.8 Å². The second-order valence-corrected chi connectivity index (χ2v) is 3.88. The fourth-order valence-electron chi connectivity index (χ4n) is 1.67. The highest BCUT2D eigenvalue weighted by Gasteiger charge is 2.08. The van der Waals surface area contributed by atoms with E-state index in [1.165, 1.54) is 0 Å². The van der Waals surface area contributed by atoms with Gasteiger partial charge in [0.25, 0.3) is 0 Å². The van der Waals surface area contributed by atoms with Crippen molar-refractivity contribution >= 4 is 5.82 Å². The number of nitrogens with one attached hydrogen (secondary N) is 2. The monoisotopic (exact) mass is 227 g/mol. The van der Waals surface area contributed by atoms with Crippen molar-refractivity contribution in [3.05, 3.63) is 40.8 Å². The number of hydrogen-bond donors (Lipinski definition) is 2. The highest BCUT2D eigenvalue weighted by atomic mass is 15.1. The van der Waals surface area contributed by atoms with Gasteiger partial charge in [0, 0.05) is 24.0 Å². The normalized spacial score (nSPS) is 9.94. The molecule has 0 spiro atoms. The number of hydrogen-bond acceptors (Lipinski definition) is 4. The van der Waals surface area contributed by atoms with Crippen LogP contribution in [0.25, 0.3) is 0 Å². The second kappa shape index (κ2) is 4.66. The van der Waals surface area contributed by atoms with Gasteiger partial charge >= 0.3 is 0 Å². The number of pyridine rings is 1. The smallest absolute Gasteiger partial charge is 0.144 e. The number of aromatic amines is 1. The number of aromatic nitrogens is 3. The maximum atomic E-state index is 9.10. The molecule has 0 atom stereocenters. The molecule has 86 valence electrons. The van der Waals surface area contributed by atoms with E-state index in [0.717, 1.165) is 16.8 Å². The van der Waals surface area contributed by atoms with Gasteiger partial charge in [0.1, 0.15) is 11.9 Å². The molecule has 0 aromatic carbocycles. The van der Waals surface area contributed by atoms with E-state index < -0.39 is 0 Å². The van der Waals surface area contributed by atoms with Gasteiger partial charge in [-0.3, -0.25) is 5.10 Å². The van der Waals surface area contributed by atoms with Crippen LogP contribution >= 0.6 is 0 Å². The van der Waals surface area contributed by atoms with Crippen LogP contribution in [0.1, 0.15) is 22.4 Å². The summed E-state index contributed by atoms with van der Waals surface area (Å²) in [6, 6.07) is 4.08. The lowest BCUT2D eigenvalue weighted by molar-refractivity contribution is 1.07. The van der Waals surface area contributed by atoms with Crippen LogP contribution in [0, 0.1) is 25.2 Å². The summed E-state index contributed by atoms with van der Waals surface area (Å²) in [5.74, 6) is 0.631. The lowest BCUT2D eigenvalue weighted by atomic mass is 10.1. The first kappa shape index (κ1) is 11.1. The van der Waals surface area contributed by atoms with Crippen molar-refractivity contribution in [2.45, 2.75) is 20.4 Å². The fraction of sp³-hybridized carbons (Fsp3) is 0.250. The number of rotatable bonds is 3. The summed E-state index contributed by atoms with van der Waals surface area (Å²) in [5.41, 5.74) is 3.46. The summed E-state index contributed by atoms with van der Waals surface area (Å²) in [5, 5.41) is 18.9. The molecule has 2 N–H and O–H groups in total. The van der Waals surface area contributed by atoms with Crippen molar-refractivity contribution in [1.29, 1.82) is 5.26 Å². The van der Waals surface area contributed by atoms with E-state index >= 15 is 0 Å². The molecule has 0 aliphatic carbocycles. The molecule has 0 saturated carbocycles. The van der Waals surface area contributed by atoms with Gasteiger partial charge in [-0.05, 0) is 25.5 Å². The number of nitrogens with zero attached hydrogens (tertiary/aromatic N) is 3. The Bertz CT molecular complexity index is 551. The first-order valence-corrected chi connectivity index (χ1v) is 5.30. The molecule has 0 radical (unpaired) electrons. The average Bonchev–Trinajstić information content (AvgIpc) is 2.78. The van der Waals surface area contributed by atoms with E-state index in [9.17, 15) is 0 Å². The highest BCUT2D eigenvalue weighted by molar-refractivity contribution is 5.56. The molecule has 0 aliphatic rings. The van der Waals surface area contributed by atoms with Crippen molar-refractivity contribution in [3.63, 3.8) is 0 Å². The zero-order chi connectivity index (χ0) is 12.3. The van der Waals surface area contributed by atoms with E-state index in [1.54, 1.807) is 6.20 Å². The van der Waals surface area contributed by atoms with Gasteiger partial charge in [0.15, 0.2) is 0 Å². The Balaban J connectivity index is 2.23. The quantitative estimate of drug-likeness (QED) is 0.839. The SMILES string of the molecule is Cc1cc(C)c(C#N)c(NCc2cn[nH]c2)n1. The molecule has 0 bridgehead atoms. The Morgan fingerprint density at radius 2 is 2.29 bits per heavy atom. The molecule has 2 aromatic rings. The lowest BCUT2D eigenvalue weighted by Crippen LogP contribution is -2.05. The van der Waals surface area contributed by atoms with Crippen LogP contribution in [0.5, 0.6) is 0 Å². The van der Waals surface area contributed by atoms with Crippen LogP contribution in [0.2, 0.25) is 0 Å². The second-order valence-electron chi connectivity index (χ2n) is 3.88. The Hall–Kier alpha value is -2.35. The van der Waals surface area contributed by atoms with Crippen LogP contribution in [0.15, 0.2) is 18.5 Å². The van der Waals surface area contributed by atoms with Gasteiger partial charge in [0.2, 0.25) is 0 Å². The van der Waals surface area contributed by atoms with Gasteiger partial charge in [-0.1, -0.05) is 0 Å². The van der Waals surface area contributed by atoms with Crippen LogP contribution in [-0.2, 0) is 6.54 Å². The third-order valence-corrected chi connectivity index (χ3v) is 2.47. The largest absolute Gasteiger partial charge is 0.365 e. The van der Waals surface area contributed by atoms with Crippen molar-refractivity contribution < 1.29 is 0 Å². The van der Waals surface area contributed by atoms with E-state index in [1.807, 2.05) is 26.1 Å². The fourth-order valence-corrected chi connectivity index (χ4v) is 1.67. The van der Waals surface area contributed by atoms with Crippen LogP contribution < -0.4 is 5.32 Å². The van der Waals surface area contributed by atoms with E-state index in [-0.39, 0.29) is 0 Å². The van der Waals surface area contributed by atoms with E-state index in [2.05, 4.69) is 26.6 Å². The molecule has 0 aliphatic heterocycles. The van der Waals surface area contributed by atoms with Gasteiger partial charge < -0.3 is 5.32 Å². The van der Waals surface area contributed by atoms with E-state index in [0.29, 0.717) is 17.9 Å². The number of H-pyrrole nitrogens is 1. The Morgan fingerprint density at radius 1 is 1.47 bits per heavy atom. The summed E-state index contributed by atoms with van der Waals surface area (Å²) in [6.45, 7) is 4.43.